The number of carbonyl (C=O) groups excluding carboxylic acids is 1. The van der Waals surface area contributed by atoms with Crippen LogP contribution >= 0.6 is 0 Å². The van der Waals surface area contributed by atoms with Gasteiger partial charge in [0.25, 0.3) is 0 Å². The highest BCUT2D eigenvalue weighted by atomic mass is 16.6. The van der Waals surface area contributed by atoms with Crippen molar-refractivity contribution < 1.29 is 19.6 Å². The first-order valence-electron chi connectivity index (χ1n) is 3.89. The molecule has 0 aromatic carbocycles. The maximum absolute atomic E-state index is 10.9. The van der Waals surface area contributed by atoms with Gasteiger partial charge in [0, 0.05) is 17.8 Å². The molecule has 13 heavy (non-hydrogen) atoms. The monoisotopic (exact) mass is 189 g/mol. The van der Waals surface area contributed by atoms with Crippen LogP contribution in [0.15, 0.2) is 0 Å². The van der Waals surface area contributed by atoms with Crippen LogP contribution in [0.3, 0.4) is 0 Å². The number of methoxy groups -OCH3 is 1. The lowest BCUT2D eigenvalue weighted by Crippen LogP contribution is -2.55. The Morgan fingerprint density at radius 2 is 2.31 bits per heavy atom. The quantitative estimate of drug-likeness (QED) is 0.370. The van der Waals surface area contributed by atoms with Crippen LogP contribution in [0, 0.1) is 16.0 Å². The summed E-state index contributed by atoms with van der Waals surface area (Å²) in [4.78, 5) is 20.9. The number of aliphatic hydroxyl groups excluding tert-OH is 1. The van der Waals surface area contributed by atoms with E-state index in [-0.39, 0.29) is 12.8 Å². The fraction of sp³-hybridized carbons (Fsp3) is 0.857. The van der Waals surface area contributed by atoms with Gasteiger partial charge < -0.3 is 9.84 Å². The zero-order valence-electron chi connectivity index (χ0n) is 7.23. The van der Waals surface area contributed by atoms with E-state index in [4.69, 9.17) is 5.11 Å². The van der Waals surface area contributed by atoms with E-state index in [0.717, 1.165) is 0 Å². The molecule has 0 unspecified atom stereocenters. The Kier molecular flexibility index (Phi) is 2.51. The van der Waals surface area contributed by atoms with E-state index in [9.17, 15) is 14.9 Å². The van der Waals surface area contributed by atoms with Crippen LogP contribution in [-0.2, 0) is 9.53 Å². The van der Waals surface area contributed by atoms with E-state index in [0.29, 0.717) is 0 Å². The molecule has 1 saturated carbocycles. The summed E-state index contributed by atoms with van der Waals surface area (Å²) in [5.74, 6) is -0.867. The molecule has 0 amide bonds. The molecular formula is C7H11NO5. The molecule has 0 bridgehead atoms. The molecule has 0 heterocycles. The number of hydrogen-bond donors (Lipinski definition) is 1. The van der Waals surface area contributed by atoms with Crippen LogP contribution in [0.4, 0.5) is 0 Å². The zero-order valence-corrected chi connectivity index (χ0v) is 7.23. The Morgan fingerprint density at radius 3 is 2.62 bits per heavy atom. The topological polar surface area (TPSA) is 89.7 Å². The van der Waals surface area contributed by atoms with Gasteiger partial charge in [-0.05, 0) is 0 Å². The Bertz CT molecular complexity index is 233. The SMILES string of the molecule is COC(=O)[C@H]1C[C@](CO)([N+](=O)[O-])C1. The highest BCUT2D eigenvalue weighted by molar-refractivity contribution is 5.73. The van der Waals surface area contributed by atoms with Gasteiger partial charge in [-0.3, -0.25) is 14.9 Å². The number of rotatable bonds is 3. The van der Waals surface area contributed by atoms with Crippen molar-refractivity contribution in [3.63, 3.8) is 0 Å². The highest BCUT2D eigenvalue weighted by Gasteiger charge is 2.57. The van der Waals surface area contributed by atoms with Gasteiger partial charge in [0.1, 0.15) is 6.61 Å². The summed E-state index contributed by atoms with van der Waals surface area (Å²) >= 11 is 0. The average Bonchev–Trinajstić information content (AvgIpc) is 2.02. The molecule has 0 aliphatic heterocycles. The Morgan fingerprint density at radius 1 is 1.77 bits per heavy atom. The van der Waals surface area contributed by atoms with E-state index in [1.807, 2.05) is 0 Å². The van der Waals surface area contributed by atoms with Gasteiger partial charge in [-0.1, -0.05) is 0 Å². The van der Waals surface area contributed by atoms with Gasteiger partial charge in [0.05, 0.1) is 13.0 Å². The van der Waals surface area contributed by atoms with E-state index < -0.39 is 29.0 Å². The smallest absolute Gasteiger partial charge is 0.309 e. The second kappa shape index (κ2) is 3.29. The van der Waals surface area contributed by atoms with Gasteiger partial charge >= 0.3 is 5.97 Å². The minimum atomic E-state index is -1.31. The van der Waals surface area contributed by atoms with Gasteiger partial charge in [-0.2, -0.15) is 0 Å². The molecule has 0 radical (unpaired) electrons. The van der Waals surface area contributed by atoms with Crippen LogP contribution < -0.4 is 0 Å². The third kappa shape index (κ3) is 1.49. The molecule has 74 valence electrons. The predicted molar refractivity (Wildman–Crippen MR) is 41.6 cm³/mol. The Labute approximate surface area is 74.6 Å². The largest absolute Gasteiger partial charge is 0.469 e. The van der Waals surface area contributed by atoms with Gasteiger partial charge in [0.2, 0.25) is 5.54 Å². The first-order chi connectivity index (χ1) is 6.05. The molecule has 0 aromatic rings. The predicted octanol–water partition coefficient (Wildman–Crippen LogP) is -0.423. The summed E-state index contributed by atoms with van der Waals surface area (Å²) in [7, 11) is 1.24. The van der Waals surface area contributed by atoms with Crippen LogP contribution in [0.1, 0.15) is 12.8 Å². The first kappa shape index (κ1) is 9.91. The van der Waals surface area contributed by atoms with Crippen LogP contribution in [-0.4, -0.2) is 35.3 Å². The lowest BCUT2D eigenvalue weighted by atomic mass is 9.69. The molecule has 1 aliphatic rings. The zero-order chi connectivity index (χ0) is 10.1. The Hall–Kier alpha value is -1.17. The van der Waals surface area contributed by atoms with Gasteiger partial charge in [0.15, 0.2) is 0 Å². The molecule has 6 nitrogen and oxygen atoms in total. The first-order valence-corrected chi connectivity index (χ1v) is 3.89. The van der Waals surface area contributed by atoms with E-state index >= 15 is 0 Å². The van der Waals surface area contributed by atoms with Crippen molar-refractivity contribution >= 4 is 5.97 Å². The van der Waals surface area contributed by atoms with Crippen LogP contribution in [0.5, 0.6) is 0 Å². The number of nitrogens with zero attached hydrogens (tertiary/aromatic N) is 1. The summed E-state index contributed by atoms with van der Waals surface area (Å²) in [6.45, 7) is -0.520. The summed E-state index contributed by atoms with van der Waals surface area (Å²) in [5.41, 5.74) is -1.31. The fourth-order valence-electron chi connectivity index (χ4n) is 1.53. The van der Waals surface area contributed by atoms with Crippen LogP contribution in [0.25, 0.3) is 0 Å². The van der Waals surface area contributed by atoms with E-state index in [1.165, 1.54) is 7.11 Å². The second-order valence-electron chi connectivity index (χ2n) is 3.27. The molecule has 1 N–H and O–H groups in total. The van der Waals surface area contributed by atoms with Crippen molar-refractivity contribution in [1.82, 2.24) is 0 Å². The number of ether oxygens (including phenoxy) is 1. The highest BCUT2D eigenvalue weighted by Crippen LogP contribution is 2.40. The van der Waals surface area contributed by atoms with Crippen molar-refractivity contribution in [2.75, 3.05) is 13.7 Å². The average molecular weight is 189 g/mol. The van der Waals surface area contributed by atoms with Crippen molar-refractivity contribution in [2.45, 2.75) is 18.4 Å². The second-order valence-corrected chi connectivity index (χ2v) is 3.27. The molecular weight excluding hydrogens is 178 g/mol. The lowest BCUT2D eigenvalue weighted by Gasteiger charge is -2.36. The van der Waals surface area contributed by atoms with Crippen molar-refractivity contribution in [3.05, 3.63) is 10.1 Å². The third-order valence-electron chi connectivity index (χ3n) is 2.47. The summed E-state index contributed by atoms with van der Waals surface area (Å²) < 4.78 is 4.43. The van der Waals surface area contributed by atoms with Crippen molar-refractivity contribution in [2.24, 2.45) is 5.92 Å². The molecule has 0 aromatic heterocycles. The summed E-state index contributed by atoms with van der Waals surface area (Å²) in [6.07, 6.45) is 0.145. The Balaban J connectivity index is 2.54. The fourth-order valence-corrected chi connectivity index (χ4v) is 1.53. The molecule has 6 heteroatoms. The summed E-state index contributed by atoms with van der Waals surface area (Å²) in [5, 5.41) is 19.3. The van der Waals surface area contributed by atoms with E-state index in [2.05, 4.69) is 4.74 Å². The van der Waals surface area contributed by atoms with E-state index in [1.54, 1.807) is 0 Å². The maximum Gasteiger partial charge on any atom is 0.309 e. The molecule has 1 aliphatic carbocycles. The van der Waals surface area contributed by atoms with Crippen molar-refractivity contribution in [3.8, 4) is 0 Å². The number of carbonyl (C=O) groups is 1. The molecule has 1 rings (SSSR count). The molecule has 1 fully saturated rings. The third-order valence-corrected chi connectivity index (χ3v) is 2.47. The summed E-state index contributed by atoms with van der Waals surface area (Å²) in [6, 6.07) is 0. The minimum Gasteiger partial charge on any atom is -0.469 e. The van der Waals surface area contributed by atoms with Gasteiger partial charge in [-0.15, -0.1) is 0 Å². The number of nitro groups is 1. The number of esters is 1. The molecule has 0 spiro atoms. The van der Waals surface area contributed by atoms with Crippen LogP contribution in [0.2, 0.25) is 0 Å². The van der Waals surface area contributed by atoms with Gasteiger partial charge in [-0.25, -0.2) is 0 Å². The standard InChI is InChI=1S/C7H11NO5/c1-13-6(10)5-2-7(3-5,4-9)8(11)12/h5,9H,2-4H2,1H3/t5-,7-. The normalized spacial score (nSPS) is 32.0. The lowest BCUT2D eigenvalue weighted by molar-refractivity contribution is -0.593. The minimum absolute atomic E-state index is 0.0726. The number of hydrogen-bond acceptors (Lipinski definition) is 5. The molecule has 0 saturated heterocycles. The maximum atomic E-state index is 10.9. The van der Waals surface area contributed by atoms with Crippen molar-refractivity contribution in [1.29, 1.82) is 0 Å². The molecule has 0 atom stereocenters. The number of aliphatic hydroxyl groups is 1.